The molecule has 2 atom stereocenters. The third-order valence-corrected chi connectivity index (χ3v) is 7.73. The van der Waals surface area contributed by atoms with E-state index >= 15 is 8.78 Å². The molecule has 2 aromatic carbocycles. The van der Waals surface area contributed by atoms with Crippen molar-refractivity contribution in [2.45, 2.75) is 64.2 Å². The number of carboxylic acid groups (broad SMARTS) is 1. The third kappa shape index (κ3) is 8.53. The van der Waals surface area contributed by atoms with Crippen LogP contribution in [0.1, 0.15) is 73.1 Å². The lowest BCUT2D eigenvalue weighted by atomic mass is 9.83. The van der Waals surface area contributed by atoms with Crippen molar-refractivity contribution < 1.29 is 42.1 Å². The maximum absolute atomic E-state index is 15.8. The third-order valence-electron chi connectivity index (χ3n) is 7.73. The Bertz CT molecular complexity index is 1320. The predicted octanol–water partition coefficient (Wildman–Crippen LogP) is 5.96. The number of halogens is 3. The van der Waals surface area contributed by atoms with Crippen LogP contribution in [0.3, 0.4) is 0 Å². The maximum atomic E-state index is 15.8. The van der Waals surface area contributed by atoms with Gasteiger partial charge in [0.25, 0.3) is 0 Å². The summed E-state index contributed by atoms with van der Waals surface area (Å²) in [6.45, 7) is 5.73. The number of hydrogen-bond donors (Lipinski definition) is 1. The second-order valence-electron chi connectivity index (χ2n) is 11.7. The molecule has 43 heavy (non-hydrogen) atoms. The molecular weight excluding hydrogens is 563 g/mol. The van der Waals surface area contributed by atoms with Crippen LogP contribution in [0.4, 0.5) is 13.2 Å². The van der Waals surface area contributed by atoms with Gasteiger partial charge in [0, 0.05) is 36.7 Å². The van der Waals surface area contributed by atoms with E-state index in [1.54, 1.807) is 0 Å². The van der Waals surface area contributed by atoms with Crippen molar-refractivity contribution in [2.75, 3.05) is 46.2 Å². The average Bonchev–Trinajstić information content (AvgIpc) is 3.29. The van der Waals surface area contributed by atoms with E-state index in [2.05, 4.69) is 0 Å². The summed E-state index contributed by atoms with van der Waals surface area (Å²) in [7, 11) is 0. The summed E-state index contributed by atoms with van der Waals surface area (Å²) in [5.41, 5.74) is 2.35. The average molecular weight is 604 g/mol. The molecule has 1 aliphatic carbocycles. The van der Waals surface area contributed by atoms with Gasteiger partial charge in [-0.2, -0.15) is 0 Å². The molecule has 0 spiro atoms. The molecule has 0 aromatic heterocycles. The fraction of sp³-hybridized carbons (Fsp3) is 0.515. The minimum absolute atomic E-state index is 0.00899. The second kappa shape index (κ2) is 14.6. The van der Waals surface area contributed by atoms with Gasteiger partial charge in [-0.25, -0.2) is 18.0 Å². The summed E-state index contributed by atoms with van der Waals surface area (Å²) in [5, 5.41) is 8.49. The Labute approximate surface area is 250 Å². The molecule has 7 nitrogen and oxygen atoms in total. The number of carboxylic acids is 1. The Kier molecular flexibility index (Phi) is 11.2. The number of carbonyl (C=O) groups is 2. The Morgan fingerprint density at radius 2 is 1.63 bits per heavy atom. The van der Waals surface area contributed by atoms with Gasteiger partial charge in [0.15, 0.2) is 5.78 Å². The standard InChI is InChI=1S/C33H40F3NO6/c1-21-15-25-24-8-5-4-7-22(24)16-26(25)32(37(21)20-33(2,3)36)31-27(34)17-23(18-28(31)35)29(38)9-6-10-41-11-12-42-13-14-43-19-30(39)40/h4-5,7-8,17-18,21,32H,6,9-16,19-20H2,1-3H3,(H,39,40)/t21-,32+/m1/s1. The molecule has 2 aliphatic rings. The molecule has 0 saturated carbocycles. The van der Waals surface area contributed by atoms with Gasteiger partial charge < -0.3 is 19.3 Å². The predicted molar refractivity (Wildman–Crippen MR) is 156 cm³/mol. The lowest BCUT2D eigenvalue weighted by Crippen LogP contribution is -2.47. The zero-order chi connectivity index (χ0) is 31.1. The number of aliphatic carboxylic acids is 1. The first-order valence-electron chi connectivity index (χ1n) is 14.7. The highest BCUT2D eigenvalue weighted by atomic mass is 19.1. The molecule has 10 heteroatoms. The van der Waals surface area contributed by atoms with Crippen molar-refractivity contribution in [2.24, 2.45) is 0 Å². The first-order chi connectivity index (χ1) is 20.5. The number of Topliss-reactive ketones (excluding diaryl/α,β-unsaturated/α-hetero) is 1. The van der Waals surface area contributed by atoms with E-state index in [1.807, 2.05) is 36.1 Å². The van der Waals surface area contributed by atoms with E-state index in [-0.39, 0.29) is 69.8 Å². The van der Waals surface area contributed by atoms with E-state index in [1.165, 1.54) is 13.8 Å². The van der Waals surface area contributed by atoms with Crippen LogP contribution in [0.5, 0.6) is 0 Å². The molecule has 0 saturated heterocycles. The Balaban J connectivity index is 1.40. The number of nitrogens with zero attached hydrogens (tertiary/aromatic N) is 1. The van der Waals surface area contributed by atoms with Crippen molar-refractivity contribution in [1.29, 1.82) is 0 Å². The molecular formula is C33H40F3NO6. The number of ether oxygens (including phenoxy) is 3. The van der Waals surface area contributed by atoms with E-state index < -0.39 is 35.1 Å². The van der Waals surface area contributed by atoms with Gasteiger partial charge >= 0.3 is 5.97 Å². The van der Waals surface area contributed by atoms with Crippen molar-refractivity contribution in [1.82, 2.24) is 4.90 Å². The zero-order valence-electron chi connectivity index (χ0n) is 25.0. The van der Waals surface area contributed by atoms with Crippen LogP contribution >= 0.6 is 0 Å². The number of benzene rings is 2. The number of ketones is 1. The van der Waals surface area contributed by atoms with Crippen molar-refractivity contribution in [3.05, 3.63) is 75.9 Å². The van der Waals surface area contributed by atoms with Gasteiger partial charge in [0.1, 0.15) is 23.9 Å². The zero-order valence-corrected chi connectivity index (χ0v) is 25.0. The van der Waals surface area contributed by atoms with Crippen LogP contribution in [0.15, 0.2) is 42.0 Å². The van der Waals surface area contributed by atoms with Crippen molar-refractivity contribution in [3.8, 4) is 0 Å². The number of alkyl halides is 1. The summed E-state index contributed by atoms with van der Waals surface area (Å²) < 4.78 is 62.2. The van der Waals surface area contributed by atoms with Crippen molar-refractivity contribution in [3.63, 3.8) is 0 Å². The summed E-state index contributed by atoms with van der Waals surface area (Å²) in [4.78, 5) is 25.0. The molecule has 1 aliphatic heterocycles. The molecule has 0 amide bonds. The van der Waals surface area contributed by atoms with Gasteiger partial charge in [0.05, 0.1) is 32.5 Å². The highest BCUT2D eigenvalue weighted by molar-refractivity contribution is 5.96. The molecule has 1 heterocycles. The van der Waals surface area contributed by atoms with E-state index in [4.69, 9.17) is 19.3 Å². The van der Waals surface area contributed by atoms with Gasteiger partial charge in [-0.05, 0) is 74.4 Å². The van der Waals surface area contributed by atoms with Gasteiger partial charge in [-0.1, -0.05) is 24.3 Å². The maximum Gasteiger partial charge on any atom is 0.329 e. The molecule has 2 aromatic rings. The number of rotatable bonds is 16. The first kappa shape index (κ1) is 32.9. The van der Waals surface area contributed by atoms with E-state index in [0.29, 0.717) is 19.3 Å². The fourth-order valence-electron chi connectivity index (χ4n) is 5.93. The number of carbonyl (C=O) groups excluding carboxylic acids is 1. The summed E-state index contributed by atoms with van der Waals surface area (Å²) >= 11 is 0. The van der Waals surface area contributed by atoms with Gasteiger partial charge in [-0.3, -0.25) is 9.69 Å². The van der Waals surface area contributed by atoms with Crippen LogP contribution in [-0.2, 0) is 25.4 Å². The Morgan fingerprint density at radius 1 is 1.00 bits per heavy atom. The monoisotopic (exact) mass is 603 g/mol. The normalized spacial score (nSPS) is 18.6. The van der Waals surface area contributed by atoms with Crippen LogP contribution in [-0.4, -0.2) is 79.7 Å². The van der Waals surface area contributed by atoms with Crippen LogP contribution in [0.2, 0.25) is 0 Å². The van der Waals surface area contributed by atoms with Gasteiger partial charge in [0.2, 0.25) is 0 Å². The molecule has 4 rings (SSSR count). The molecule has 0 radical (unpaired) electrons. The van der Waals surface area contributed by atoms with E-state index in [9.17, 15) is 14.0 Å². The lowest BCUT2D eigenvalue weighted by Gasteiger charge is -2.44. The van der Waals surface area contributed by atoms with Crippen LogP contribution in [0.25, 0.3) is 5.57 Å². The largest absolute Gasteiger partial charge is 0.480 e. The smallest absolute Gasteiger partial charge is 0.329 e. The summed E-state index contributed by atoms with van der Waals surface area (Å²) in [5.74, 6) is -3.07. The Hall–Kier alpha value is -3.05. The highest BCUT2D eigenvalue weighted by Gasteiger charge is 2.43. The van der Waals surface area contributed by atoms with Gasteiger partial charge in [-0.15, -0.1) is 0 Å². The molecule has 234 valence electrons. The lowest BCUT2D eigenvalue weighted by molar-refractivity contribution is -0.142. The fourth-order valence-corrected chi connectivity index (χ4v) is 5.93. The number of hydrogen-bond acceptors (Lipinski definition) is 6. The first-order valence-corrected chi connectivity index (χ1v) is 14.7. The molecule has 0 unspecified atom stereocenters. The highest BCUT2D eigenvalue weighted by Crippen LogP contribution is 2.50. The Morgan fingerprint density at radius 3 is 2.28 bits per heavy atom. The minimum Gasteiger partial charge on any atom is -0.480 e. The molecule has 0 fully saturated rings. The summed E-state index contributed by atoms with van der Waals surface area (Å²) in [6.07, 6.45) is 1.61. The minimum atomic E-state index is -1.58. The second-order valence-corrected chi connectivity index (χ2v) is 11.7. The topological polar surface area (TPSA) is 85.3 Å². The SMILES string of the molecule is C[C@@H]1CC2=C(Cc3ccccc32)[C@@H](c2c(F)cc(C(=O)CCCOCCOCCOCC(=O)O)cc2F)N1CC(C)(C)F. The molecule has 1 N–H and O–H groups in total. The van der Waals surface area contributed by atoms with E-state index in [0.717, 1.165) is 34.4 Å². The van der Waals surface area contributed by atoms with Crippen LogP contribution in [0, 0.1) is 11.6 Å². The van der Waals surface area contributed by atoms with Crippen LogP contribution < -0.4 is 0 Å². The summed E-state index contributed by atoms with van der Waals surface area (Å²) in [6, 6.07) is 9.21. The molecule has 0 bridgehead atoms. The quantitative estimate of drug-likeness (QED) is 0.187. The number of fused-ring (bicyclic) bond motifs is 2. The van der Waals surface area contributed by atoms with Crippen molar-refractivity contribution >= 4 is 17.3 Å².